The van der Waals surface area contributed by atoms with Crippen molar-refractivity contribution in [2.75, 3.05) is 0 Å². The van der Waals surface area contributed by atoms with Crippen molar-refractivity contribution in [2.24, 2.45) is 12.8 Å². The number of nitrogens with one attached hydrogen (secondary N) is 1. The van der Waals surface area contributed by atoms with Gasteiger partial charge in [-0.15, -0.1) is 0 Å². The van der Waals surface area contributed by atoms with E-state index in [9.17, 15) is 8.42 Å². The number of sulfonamides is 1. The molecule has 102 valence electrons. The first-order chi connectivity index (χ1) is 9.03. The lowest BCUT2D eigenvalue weighted by molar-refractivity contribution is 0.577. The molecule has 0 saturated carbocycles. The Hall–Kier alpha value is -1.70. The first-order valence-electron chi connectivity index (χ1n) is 5.78. The van der Waals surface area contributed by atoms with Crippen LogP contribution in [0.3, 0.4) is 0 Å². The van der Waals surface area contributed by atoms with Crippen LogP contribution in [-0.4, -0.2) is 18.2 Å². The van der Waals surface area contributed by atoms with Crippen LogP contribution in [-0.2, 0) is 30.2 Å². The van der Waals surface area contributed by atoms with Gasteiger partial charge in [-0.3, -0.25) is 4.68 Å². The fraction of sp³-hybridized carbons (Fsp3) is 0.250. The molecule has 0 aliphatic heterocycles. The summed E-state index contributed by atoms with van der Waals surface area (Å²) in [6, 6.07) is 8.36. The largest absolute Gasteiger partial charge is 0.326 e. The summed E-state index contributed by atoms with van der Waals surface area (Å²) in [5.41, 5.74) is 7.08. The van der Waals surface area contributed by atoms with Crippen LogP contribution in [0.5, 0.6) is 0 Å². The van der Waals surface area contributed by atoms with Gasteiger partial charge in [-0.05, 0) is 23.8 Å². The number of rotatable bonds is 5. The molecular weight excluding hydrogens is 264 g/mol. The summed E-state index contributed by atoms with van der Waals surface area (Å²) < 4.78 is 28.4. The summed E-state index contributed by atoms with van der Waals surface area (Å²) in [6.45, 7) is 0.511. The van der Waals surface area contributed by atoms with Crippen molar-refractivity contribution >= 4 is 10.0 Å². The summed E-state index contributed by atoms with van der Waals surface area (Å²) in [6.07, 6.45) is 1.62. The Kier molecular flexibility index (Phi) is 3.98. The first-order valence-corrected chi connectivity index (χ1v) is 7.27. The third kappa shape index (κ3) is 3.19. The molecule has 0 fully saturated rings. The molecule has 1 heterocycles. The molecule has 0 unspecified atom stereocenters. The lowest BCUT2D eigenvalue weighted by Gasteiger charge is -2.08. The number of hydrogen-bond donors (Lipinski definition) is 2. The van der Waals surface area contributed by atoms with Crippen LogP contribution in [0.2, 0.25) is 0 Å². The zero-order valence-corrected chi connectivity index (χ0v) is 11.4. The highest BCUT2D eigenvalue weighted by Gasteiger charge is 2.14. The SMILES string of the molecule is Cn1nccc1CNS(=O)(=O)c1cccc(CN)c1. The number of nitrogens with zero attached hydrogens (tertiary/aromatic N) is 2. The van der Waals surface area contributed by atoms with Gasteiger partial charge in [-0.2, -0.15) is 5.10 Å². The van der Waals surface area contributed by atoms with E-state index in [0.29, 0.717) is 6.54 Å². The van der Waals surface area contributed by atoms with Gasteiger partial charge in [0, 0.05) is 19.8 Å². The van der Waals surface area contributed by atoms with E-state index in [2.05, 4.69) is 9.82 Å². The first kappa shape index (κ1) is 13.7. The molecular formula is C12H16N4O2S. The second-order valence-electron chi connectivity index (χ2n) is 4.12. The summed E-state index contributed by atoms with van der Waals surface area (Å²) in [5, 5.41) is 3.98. The molecule has 0 aliphatic carbocycles. The number of nitrogens with two attached hydrogens (primary N) is 1. The average molecular weight is 280 g/mol. The predicted molar refractivity (Wildman–Crippen MR) is 71.6 cm³/mol. The smallest absolute Gasteiger partial charge is 0.240 e. The van der Waals surface area contributed by atoms with E-state index in [1.165, 1.54) is 0 Å². The quantitative estimate of drug-likeness (QED) is 0.827. The molecule has 7 heteroatoms. The lowest BCUT2D eigenvalue weighted by atomic mass is 10.2. The summed E-state index contributed by atoms with van der Waals surface area (Å²) in [5.74, 6) is 0. The van der Waals surface area contributed by atoms with Crippen molar-refractivity contribution in [1.29, 1.82) is 0 Å². The van der Waals surface area contributed by atoms with Crippen LogP contribution in [0.15, 0.2) is 41.4 Å². The van der Waals surface area contributed by atoms with E-state index >= 15 is 0 Å². The highest BCUT2D eigenvalue weighted by Crippen LogP contribution is 2.11. The number of hydrogen-bond acceptors (Lipinski definition) is 4. The Morgan fingerprint density at radius 3 is 2.79 bits per heavy atom. The van der Waals surface area contributed by atoms with Crippen molar-refractivity contribution < 1.29 is 8.42 Å². The van der Waals surface area contributed by atoms with Gasteiger partial charge in [0.05, 0.1) is 17.1 Å². The van der Waals surface area contributed by atoms with Gasteiger partial charge in [0.25, 0.3) is 0 Å². The molecule has 0 amide bonds. The standard InChI is InChI=1S/C12H16N4O2S/c1-16-11(5-6-14-16)9-15-19(17,18)12-4-2-3-10(7-12)8-13/h2-7,15H,8-9,13H2,1H3. The predicted octanol–water partition coefficient (Wildman–Crippen LogP) is 0.357. The van der Waals surface area contributed by atoms with Crippen molar-refractivity contribution in [2.45, 2.75) is 18.0 Å². The summed E-state index contributed by atoms with van der Waals surface area (Å²) in [7, 11) is -1.77. The van der Waals surface area contributed by atoms with Crippen LogP contribution in [0.1, 0.15) is 11.3 Å². The van der Waals surface area contributed by atoms with Crippen molar-refractivity contribution in [3.8, 4) is 0 Å². The highest BCUT2D eigenvalue weighted by atomic mass is 32.2. The molecule has 19 heavy (non-hydrogen) atoms. The Balaban J connectivity index is 2.16. The van der Waals surface area contributed by atoms with Crippen molar-refractivity contribution in [1.82, 2.24) is 14.5 Å². The third-order valence-corrected chi connectivity index (χ3v) is 4.21. The molecule has 2 rings (SSSR count). The average Bonchev–Trinajstić information content (AvgIpc) is 2.82. The minimum absolute atomic E-state index is 0.200. The fourth-order valence-electron chi connectivity index (χ4n) is 1.67. The lowest BCUT2D eigenvalue weighted by Crippen LogP contribution is -2.24. The van der Waals surface area contributed by atoms with E-state index in [1.54, 1.807) is 48.3 Å². The topological polar surface area (TPSA) is 90.0 Å². The van der Waals surface area contributed by atoms with Gasteiger partial charge < -0.3 is 5.73 Å². The second kappa shape index (κ2) is 5.52. The maximum atomic E-state index is 12.1. The van der Waals surface area contributed by atoms with Crippen molar-refractivity contribution in [3.63, 3.8) is 0 Å². The molecule has 0 aliphatic rings. The van der Waals surface area contributed by atoms with E-state index in [-0.39, 0.29) is 11.4 Å². The van der Waals surface area contributed by atoms with Crippen LogP contribution >= 0.6 is 0 Å². The maximum Gasteiger partial charge on any atom is 0.240 e. The van der Waals surface area contributed by atoms with Gasteiger partial charge in [-0.25, -0.2) is 13.1 Å². The van der Waals surface area contributed by atoms with E-state index in [0.717, 1.165) is 11.3 Å². The molecule has 3 N–H and O–H groups in total. The number of aromatic nitrogens is 2. The molecule has 0 atom stereocenters. The van der Waals surface area contributed by atoms with Crippen LogP contribution < -0.4 is 10.5 Å². The van der Waals surface area contributed by atoms with Crippen LogP contribution in [0.25, 0.3) is 0 Å². The molecule has 0 bridgehead atoms. The molecule has 0 radical (unpaired) electrons. The van der Waals surface area contributed by atoms with Gasteiger partial charge in [-0.1, -0.05) is 12.1 Å². The van der Waals surface area contributed by atoms with E-state index in [4.69, 9.17) is 5.73 Å². The summed E-state index contributed by atoms with van der Waals surface area (Å²) in [4.78, 5) is 0.220. The van der Waals surface area contributed by atoms with E-state index < -0.39 is 10.0 Å². The minimum Gasteiger partial charge on any atom is -0.326 e. The molecule has 1 aromatic carbocycles. The zero-order chi connectivity index (χ0) is 13.9. The summed E-state index contributed by atoms with van der Waals surface area (Å²) >= 11 is 0. The zero-order valence-electron chi connectivity index (χ0n) is 10.6. The molecule has 1 aromatic heterocycles. The fourth-order valence-corrected chi connectivity index (χ4v) is 2.74. The Labute approximate surface area is 112 Å². The molecule has 0 spiro atoms. The molecule has 2 aromatic rings. The maximum absolute atomic E-state index is 12.1. The minimum atomic E-state index is -3.53. The number of aryl methyl sites for hydroxylation is 1. The van der Waals surface area contributed by atoms with Crippen LogP contribution in [0, 0.1) is 0 Å². The second-order valence-corrected chi connectivity index (χ2v) is 5.89. The van der Waals surface area contributed by atoms with Gasteiger partial charge in [0.1, 0.15) is 0 Å². The van der Waals surface area contributed by atoms with E-state index in [1.807, 2.05) is 0 Å². The number of benzene rings is 1. The Morgan fingerprint density at radius 1 is 1.37 bits per heavy atom. The monoisotopic (exact) mass is 280 g/mol. The Bertz CT molecular complexity index is 664. The highest BCUT2D eigenvalue weighted by molar-refractivity contribution is 7.89. The Morgan fingerprint density at radius 2 is 2.16 bits per heavy atom. The van der Waals surface area contributed by atoms with Crippen LogP contribution in [0.4, 0.5) is 0 Å². The van der Waals surface area contributed by atoms with Gasteiger partial charge >= 0.3 is 0 Å². The van der Waals surface area contributed by atoms with Gasteiger partial charge in [0.15, 0.2) is 0 Å². The molecule has 0 saturated heterocycles. The van der Waals surface area contributed by atoms with Crippen molar-refractivity contribution in [3.05, 3.63) is 47.8 Å². The third-order valence-electron chi connectivity index (χ3n) is 2.81. The molecule has 6 nitrogen and oxygen atoms in total. The van der Waals surface area contributed by atoms with Gasteiger partial charge in [0.2, 0.25) is 10.0 Å². The normalized spacial score (nSPS) is 11.7.